The Balaban J connectivity index is 1.15. The first-order valence-electron chi connectivity index (χ1n) is 17.2. The summed E-state index contributed by atoms with van der Waals surface area (Å²) in [4.78, 5) is 35.2. The molecule has 2 aliphatic heterocycles. The van der Waals surface area contributed by atoms with Crippen LogP contribution in [0.25, 0.3) is 16.6 Å². The van der Waals surface area contributed by atoms with Gasteiger partial charge in [-0.3, -0.25) is 4.79 Å². The normalized spacial score (nSPS) is 16.6. The second-order valence-corrected chi connectivity index (χ2v) is 14.1. The Labute approximate surface area is 287 Å². The lowest BCUT2D eigenvalue weighted by Gasteiger charge is -2.44. The Hall–Kier alpha value is -5.11. The number of nitrogens with zero attached hydrogens (tertiary/aromatic N) is 6. The summed E-state index contributed by atoms with van der Waals surface area (Å²) < 4.78 is 13.0. The van der Waals surface area contributed by atoms with Crippen LogP contribution < -0.4 is 15.0 Å². The molecule has 3 aromatic heterocycles. The van der Waals surface area contributed by atoms with E-state index in [0.717, 1.165) is 54.8 Å². The fourth-order valence-electron chi connectivity index (χ4n) is 6.89. The molecular weight excluding hydrogens is 618 g/mol. The lowest BCUT2D eigenvalue weighted by atomic mass is 9.80. The number of nitrogens with one attached hydrogen (secondary N) is 1. The molecule has 0 spiro atoms. The number of benzene rings is 1. The van der Waals surface area contributed by atoms with Crippen molar-refractivity contribution < 1.29 is 19.1 Å². The molecule has 0 unspecified atom stereocenters. The summed E-state index contributed by atoms with van der Waals surface area (Å²) in [5.41, 5.74) is 3.16. The fraction of sp³-hybridized carbons (Fsp3) is 0.447. The summed E-state index contributed by atoms with van der Waals surface area (Å²) >= 11 is 0. The number of pyridine rings is 2. The molecule has 2 fully saturated rings. The van der Waals surface area contributed by atoms with E-state index in [9.17, 15) is 14.9 Å². The summed E-state index contributed by atoms with van der Waals surface area (Å²) in [6.07, 6.45) is 8.39. The number of piperidine rings is 2. The molecule has 1 aromatic carbocycles. The Kier molecular flexibility index (Phi) is 9.77. The van der Waals surface area contributed by atoms with Gasteiger partial charge in [0.2, 0.25) is 5.91 Å². The minimum absolute atomic E-state index is 0.0629. The molecule has 2 amide bonds. The molecule has 256 valence electrons. The smallest absolute Gasteiger partial charge is 0.410 e. The van der Waals surface area contributed by atoms with Gasteiger partial charge in [-0.25, -0.2) is 14.3 Å². The molecular formula is C38H45N7O4. The van der Waals surface area contributed by atoms with Crippen LogP contribution in [0.1, 0.15) is 64.5 Å². The number of likely N-dealkylation sites (tertiary alicyclic amines) is 1. The zero-order valence-corrected chi connectivity index (χ0v) is 28.8. The van der Waals surface area contributed by atoms with Crippen LogP contribution in [0, 0.1) is 17.2 Å². The van der Waals surface area contributed by atoms with E-state index in [2.05, 4.69) is 33.5 Å². The molecule has 0 bridgehead atoms. The largest absolute Gasteiger partial charge is 0.492 e. The molecule has 2 aliphatic rings. The second-order valence-electron chi connectivity index (χ2n) is 14.1. The van der Waals surface area contributed by atoms with Crippen LogP contribution in [0.4, 0.5) is 10.6 Å². The lowest BCUT2D eigenvalue weighted by molar-refractivity contribution is -0.128. The Morgan fingerprint density at radius 3 is 2.41 bits per heavy atom. The maximum absolute atomic E-state index is 13.8. The first-order chi connectivity index (χ1) is 23.6. The minimum Gasteiger partial charge on any atom is -0.492 e. The molecule has 0 radical (unpaired) electrons. The van der Waals surface area contributed by atoms with Gasteiger partial charge in [0.1, 0.15) is 23.2 Å². The van der Waals surface area contributed by atoms with Crippen molar-refractivity contribution in [3.63, 3.8) is 0 Å². The van der Waals surface area contributed by atoms with Crippen LogP contribution in [-0.2, 0) is 16.0 Å². The minimum atomic E-state index is -0.549. The number of hydrogen-bond acceptors (Lipinski definition) is 8. The third kappa shape index (κ3) is 7.80. The summed E-state index contributed by atoms with van der Waals surface area (Å²) in [5, 5.41) is 17.6. The predicted octanol–water partition coefficient (Wildman–Crippen LogP) is 6.01. The maximum Gasteiger partial charge on any atom is 0.410 e. The SMILES string of the molecule is CCOc1cc(-c2ccc(N3CCC(Cc4ccccc4)(NC(=O)C4CCN(C(=O)OC(C)(C)C)CC4)CC3)nc2)c2c(C#N)cnn2c1. The van der Waals surface area contributed by atoms with Gasteiger partial charge in [0, 0.05) is 55.0 Å². The molecule has 4 aromatic rings. The quantitative estimate of drug-likeness (QED) is 0.243. The highest BCUT2D eigenvalue weighted by atomic mass is 16.6. The summed E-state index contributed by atoms with van der Waals surface area (Å²) in [7, 11) is 0. The van der Waals surface area contributed by atoms with Gasteiger partial charge in [-0.1, -0.05) is 30.3 Å². The van der Waals surface area contributed by atoms with Gasteiger partial charge in [-0.05, 0) is 83.6 Å². The molecule has 49 heavy (non-hydrogen) atoms. The average molecular weight is 664 g/mol. The molecule has 2 saturated heterocycles. The highest BCUT2D eigenvalue weighted by Gasteiger charge is 2.39. The standard InChI is InChI=1S/C38H45N7O4/c1-5-48-31-21-32(34-30(23-39)25-41-45(34)26-31)29-11-12-33(40-24-29)43-19-15-38(16-20-43,22-27-9-7-6-8-10-27)42-35(46)28-13-17-44(18-14-28)36(47)49-37(2,3)4/h6-12,21,24-26,28H,5,13-20,22H2,1-4H3,(H,42,46). The third-order valence-corrected chi connectivity index (χ3v) is 9.41. The van der Waals surface area contributed by atoms with E-state index >= 15 is 0 Å². The van der Waals surface area contributed by atoms with Crippen molar-refractivity contribution in [1.82, 2.24) is 24.8 Å². The van der Waals surface area contributed by atoms with Gasteiger partial charge in [-0.2, -0.15) is 10.4 Å². The summed E-state index contributed by atoms with van der Waals surface area (Å²) in [6.45, 7) is 10.5. The molecule has 11 nitrogen and oxygen atoms in total. The van der Waals surface area contributed by atoms with Crippen LogP contribution in [0.5, 0.6) is 5.75 Å². The van der Waals surface area contributed by atoms with Crippen molar-refractivity contribution in [2.24, 2.45) is 5.92 Å². The number of fused-ring (bicyclic) bond motifs is 1. The van der Waals surface area contributed by atoms with E-state index < -0.39 is 11.1 Å². The number of rotatable bonds is 8. The van der Waals surface area contributed by atoms with E-state index in [1.54, 1.807) is 21.8 Å². The number of anilines is 1. The maximum atomic E-state index is 13.8. The first kappa shape index (κ1) is 33.8. The number of aromatic nitrogens is 3. The van der Waals surface area contributed by atoms with Gasteiger partial charge >= 0.3 is 6.09 Å². The molecule has 0 saturated carbocycles. The zero-order valence-electron chi connectivity index (χ0n) is 28.8. The van der Waals surface area contributed by atoms with Crippen LogP contribution in [0.3, 0.4) is 0 Å². The topological polar surface area (TPSA) is 125 Å². The van der Waals surface area contributed by atoms with Crippen molar-refractivity contribution in [2.45, 2.75) is 70.9 Å². The highest BCUT2D eigenvalue weighted by molar-refractivity contribution is 5.85. The molecule has 1 N–H and O–H groups in total. The van der Waals surface area contributed by atoms with Crippen LogP contribution in [0.2, 0.25) is 0 Å². The number of ether oxygens (including phenoxy) is 2. The fourth-order valence-corrected chi connectivity index (χ4v) is 6.89. The number of carbonyl (C=O) groups excluding carboxylic acids is 2. The van der Waals surface area contributed by atoms with E-state index in [1.165, 1.54) is 5.56 Å². The summed E-state index contributed by atoms with van der Waals surface area (Å²) in [5.74, 6) is 1.45. The van der Waals surface area contributed by atoms with Crippen molar-refractivity contribution in [3.05, 3.63) is 78.2 Å². The average Bonchev–Trinajstić information content (AvgIpc) is 3.51. The molecule has 6 rings (SSSR count). The van der Waals surface area contributed by atoms with Crippen LogP contribution in [0.15, 0.2) is 67.1 Å². The van der Waals surface area contributed by atoms with E-state index in [1.807, 2.05) is 70.3 Å². The number of hydrogen-bond donors (Lipinski definition) is 1. The monoisotopic (exact) mass is 663 g/mol. The molecule has 0 aliphatic carbocycles. The first-order valence-corrected chi connectivity index (χ1v) is 17.2. The number of amides is 2. The highest BCUT2D eigenvalue weighted by Crippen LogP contribution is 2.34. The Morgan fingerprint density at radius 2 is 1.78 bits per heavy atom. The molecule has 5 heterocycles. The number of nitriles is 1. The van der Waals surface area contributed by atoms with Crippen LogP contribution >= 0.6 is 0 Å². The second kappa shape index (κ2) is 14.2. The van der Waals surface area contributed by atoms with E-state index in [4.69, 9.17) is 14.5 Å². The van der Waals surface area contributed by atoms with Crippen molar-refractivity contribution in [2.75, 3.05) is 37.7 Å². The number of carbonyl (C=O) groups is 2. The van der Waals surface area contributed by atoms with E-state index in [0.29, 0.717) is 43.9 Å². The molecule has 11 heteroatoms. The van der Waals surface area contributed by atoms with E-state index in [-0.39, 0.29) is 17.9 Å². The Morgan fingerprint density at radius 1 is 1.04 bits per heavy atom. The Bertz CT molecular complexity index is 1810. The van der Waals surface area contributed by atoms with Gasteiger partial charge in [0.05, 0.1) is 30.1 Å². The van der Waals surface area contributed by atoms with Gasteiger partial charge in [-0.15, -0.1) is 0 Å². The summed E-state index contributed by atoms with van der Waals surface area (Å²) in [6, 6.07) is 18.6. The van der Waals surface area contributed by atoms with Crippen molar-refractivity contribution in [1.29, 1.82) is 5.26 Å². The van der Waals surface area contributed by atoms with Crippen molar-refractivity contribution in [3.8, 4) is 22.9 Å². The predicted molar refractivity (Wildman–Crippen MR) is 187 cm³/mol. The van der Waals surface area contributed by atoms with Crippen LogP contribution in [-0.4, -0.2) is 75.4 Å². The van der Waals surface area contributed by atoms with Gasteiger partial charge in [0.25, 0.3) is 0 Å². The van der Waals surface area contributed by atoms with Crippen molar-refractivity contribution >= 4 is 23.3 Å². The lowest BCUT2D eigenvalue weighted by Crippen LogP contribution is -2.58. The third-order valence-electron chi connectivity index (χ3n) is 9.41. The zero-order chi connectivity index (χ0) is 34.6. The van der Waals surface area contributed by atoms with Gasteiger partial charge in [0.15, 0.2) is 0 Å². The van der Waals surface area contributed by atoms with Gasteiger partial charge < -0.3 is 24.6 Å². The molecule has 0 atom stereocenters.